The van der Waals surface area contributed by atoms with Gasteiger partial charge in [0.2, 0.25) is 0 Å². The Labute approximate surface area is 125 Å². The van der Waals surface area contributed by atoms with E-state index in [4.69, 9.17) is 4.74 Å². The minimum atomic E-state index is -0.538. The van der Waals surface area contributed by atoms with Crippen molar-refractivity contribution < 1.29 is 14.5 Å². The second kappa shape index (κ2) is 5.07. The van der Waals surface area contributed by atoms with Crippen molar-refractivity contribution >= 4 is 33.8 Å². The number of carbonyl (C=O) groups excluding carboxylic acids is 1. The second-order valence-electron chi connectivity index (χ2n) is 4.89. The summed E-state index contributed by atoms with van der Waals surface area (Å²) in [6, 6.07) is 8.64. The quantitative estimate of drug-likeness (QED) is 0.320. The van der Waals surface area contributed by atoms with E-state index >= 15 is 0 Å². The molecule has 2 aromatic carbocycles. The van der Waals surface area contributed by atoms with Crippen molar-refractivity contribution in [1.29, 1.82) is 0 Å². The van der Waals surface area contributed by atoms with E-state index in [2.05, 4.69) is 4.98 Å². The molecule has 0 saturated heterocycles. The van der Waals surface area contributed by atoms with Gasteiger partial charge in [-0.1, -0.05) is 18.2 Å². The van der Waals surface area contributed by atoms with Gasteiger partial charge in [0.25, 0.3) is 0 Å². The zero-order valence-corrected chi connectivity index (χ0v) is 12.0. The SMILES string of the molecule is COc1cc(C)c2nc3ccccc3c(C=O)c2c1[N+](=O)[O-]. The van der Waals surface area contributed by atoms with Crippen LogP contribution in [0.1, 0.15) is 15.9 Å². The molecule has 0 atom stereocenters. The van der Waals surface area contributed by atoms with Crippen molar-refractivity contribution in [3.63, 3.8) is 0 Å². The molecule has 0 spiro atoms. The van der Waals surface area contributed by atoms with Gasteiger partial charge in [-0.05, 0) is 24.6 Å². The molecule has 0 bridgehead atoms. The van der Waals surface area contributed by atoms with Gasteiger partial charge in [0.05, 0.1) is 28.5 Å². The predicted molar refractivity (Wildman–Crippen MR) is 82.6 cm³/mol. The number of para-hydroxylation sites is 1. The highest BCUT2D eigenvalue weighted by Gasteiger charge is 2.25. The van der Waals surface area contributed by atoms with Crippen LogP contribution >= 0.6 is 0 Å². The number of nitro benzene ring substituents is 1. The first-order valence-corrected chi connectivity index (χ1v) is 6.58. The molecule has 3 rings (SSSR count). The van der Waals surface area contributed by atoms with Crippen LogP contribution in [0.2, 0.25) is 0 Å². The Morgan fingerprint density at radius 2 is 2.05 bits per heavy atom. The highest BCUT2D eigenvalue weighted by molar-refractivity contribution is 6.13. The number of fused-ring (bicyclic) bond motifs is 2. The van der Waals surface area contributed by atoms with Crippen LogP contribution in [0.25, 0.3) is 21.8 Å². The van der Waals surface area contributed by atoms with Crippen LogP contribution in [-0.4, -0.2) is 23.3 Å². The molecular formula is C16H12N2O4. The Morgan fingerprint density at radius 1 is 1.32 bits per heavy atom. The van der Waals surface area contributed by atoms with Crippen molar-refractivity contribution in [2.45, 2.75) is 6.92 Å². The first-order valence-electron chi connectivity index (χ1n) is 6.58. The topological polar surface area (TPSA) is 82.3 Å². The molecule has 0 aliphatic carbocycles. The van der Waals surface area contributed by atoms with Gasteiger partial charge in [-0.2, -0.15) is 0 Å². The zero-order valence-electron chi connectivity index (χ0n) is 12.0. The summed E-state index contributed by atoms with van der Waals surface area (Å²) in [7, 11) is 1.36. The average molecular weight is 296 g/mol. The van der Waals surface area contributed by atoms with Crippen LogP contribution in [-0.2, 0) is 0 Å². The van der Waals surface area contributed by atoms with Gasteiger partial charge in [-0.3, -0.25) is 14.9 Å². The molecule has 22 heavy (non-hydrogen) atoms. The van der Waals surface area contributed by atoms with Crippen LogP contribution in [0, 0.1) is 17.0 Å². The normalized spacial score (nSPS) is 10.8. The Kier molecular flexibility index (Phi) is 3.21. The summed E-state index contributed by atoms with van der Waals surface area (Å²) in [5.74, 6) is 0.121. The first kappa shape index (κ1) is 13.9. The summed E-state index contributed by atoms with van der Waals surface area (Å²) in [5, 5.41) is 12.3. The number of hydrogen-bond donors (Lipinski definition) is 0. The van der Waals surface area contributed by atoms with Crippen LogP contribution in [0.15, 0.2) is 30.3 Å². The number of carbonyl (C=O) groups is 1. The summed E-state index contributed by atoms with van der Waals surface area (Å²) < 4.78 is 5.12. The van der Waals surface area contributed by atoms with Gasteiger partial charge in [0.1, 0.15) is 0 Å². The fraction of sp³-hybridized carbons (Fsp3) is 0.125. The Balaban J connectivity index is 2.67. The summed E-state index contributed by atoms with van der Waals surface area (Å²) in [6.07, 6.45) is 0.637. The third kappa shape index (κ3) is 1.88. The van der Waals surface area contributed by atoms with Crippen LogP contribution in [0.3, 0.4) is 0 Å². The molecule has 0 saturated carbocycles. The summed E-state index contributed by atoms with van der Waals surface area (Å²) in [4.78, 5) is 27.1. The number of aldehydes is 1. The van der Waals surface area contributed by atoms with E-state index in [9.17, 15) is 14.9 Å². The van der Waals surface area contributed by atoms with Crippen LogP contribution in [0.5, 0.6) is 5.75 Å². The monoisotopic (exact) mass is 296 g/mol. The van der Waals surface area contributed by atoms with E-state index in [1.807, 2.05) is 6.07 Å². The number of aromatic nitrogens is 1. The number of ether oxygens (including phenoxy) is 1. The van der Waals surface area contributed by atoms with Gasteiger partial charge in [-0.25, -0.2) is 4.98 Å². The molecular weight excluding hydrogens is 284 g/mol. The largest absolute Gasteiger partial charge is 0.490 e. The minimum Gasteiger partial charge on any atom is -0.490 e. The Morgan fingerprint density at radius 3 is 2.68 bits per heavy atom. The molecule has 0 N–H and O–H groups in total. The molecule has 0 unspecified atom stereocenters. The molecule has 0 aliphatic rings. The fourth-order valence-corrected chi connectivity index (χ4v) is 2.68. The number of methoxy groups -OCH3 is 1. The third-order valence-electron chi connectivity index (χ3n) is 3.64. The molecule has 0 aliphatic heterocycles. The first-order chi connectivity index (χ1) is 10.6. The predicted octanol–water partition coefficient (Wildman–Crippen LogP) is 3.43. The van der Waals surface area contributed by atoms with Crippen molar-refractivity contribution in [3.8, 4) is 5.75 Å². The highest BCUT2D eigenvalue weighted by atomic mass is 16.6. The van der Waals surface area contributed by atoms with Gasteiger partial charge >= 0.3 is 5.69 Å². The molecule has 1 aromatic heterocycles. The number of benzene rings is 2. The van der Waals surface area contributed by atoms with E-state index in [0.29, 0.717) is 28.3 Å². The molecule has 0 amide bonds. The lowest BCUT2D eigenvalue weighted by atomic mass is 9.99. The lowest BCUT2D eigenvalue weighted by Gasteiger charge is -2.11. The molecule has 0 fully saturated rings. The Bertz CT molecular complexity index is 934. The number of aryl methyl sites for hydroxylation is 1. The van der Waals surface area contributed by atoms with Crippen LogP contribution in [0.4, 0.5) is 5.69 Å². The smallest absolute Gasteiger partial charge is 0.320 e. The van der Waals surface area contributed by atoms with Crippen LogP contribution < -0.4 is 4.74 Å². The standard InChI is InChI=1S/C16H12N2O4/c1-9-7-13(22-2)16(18(20)21)14-11(8-19)10-5-3-4-6-12(10)17-15(9)14/h3-8H,1-2H3. The zero-order chi connectivity index (χ0) is 15.9. The maximum atomic E-state index is 11.6. The van der Waals surface area contributed by atoms with E-state index in [1.54, 1.807) is 31.2 Å². The van der Waals surface area contributed by atoms with Crippen molar-refractivity contribution in [2.75, 3.05) is 7.11 Å². The number of nitro groups is 1. The van der Waals surface area contributed by atoms with Gasteiger partial charge in [0.15, 0.2) is 12.0 Å². The minimum absolute atomic E-state index is 0.121. The lowest BCUT2D eigenvalue weighted by Crippen LogP contribution is -2.01. The fourth-order valence-electron chi connectivity index (χ4n) is 2.68. The van der Waals surface area contributed by atoms with Crippen molar-refractivity contribution in [2.24, 2.45) is 0 Å². The van der Waals surface area contributed by atoms with Crippen molar-refractivity contribution in [1.82, 2.24) is 4.98 Å². The second-order valence-corrected chi connectivity index (χ2v) is 4.89. The van der Waals surface area contributed by atoms with E-state index in [-0.39, 0.29) is 22.4 Å². The van der Waals surface area contributed by atoms with E-state index < -0.39 is 4.92 Å². The summed E-state index contributed by atoms with van der Waals surface area (Å²) >= 11 is 0. The number of pyridine rings is 1. The molecule has 3 aromatic rings. The molecule has 6 nitrogen and oxygen atoms in total. The number of nitrogens with zero attached hydrogens (tertiary/aromatic N) is 2. The number of rotatable bonds is 3. The van der Waals surface area contributed by atoms with Gasteiger partial charge in [0, 0.05) is 10.9 Å². The van der Waals surface area contributed by atoms with Gasteiger partial charge in [-0.15, -0.1) is 0 Å². The highest BCUT2D eigenvalue weighted by Crippen LogP contribution is 2.40. The Hall–Kier alpha value is -3.02. The third-order valence-corrected chi connectivity index (χ3v) is 3.64. The van der Waals surface area contributed by atoms with Crippen molar-refractivity contribution in [3.05, 3.63) is 51.6 Å². The molecule has 0 radical (unpaired) electrons. The summed E-state index contributed by atoms with van der Waals surface area (Å²) in [5.41, 5.74) is 1.80. The summed E-state index contributed by atoms with van der Waals surface area (Å²) in [6.45, 7) is 1.78. The van der Waals surface area contributed by atoms with E-state index in [1.165, 1.54) is 7.11 Å². The molecule has 6 heteroatoms. The lowest BCUT2D eigenvalue weighted by molar-refractivity contribution is -0.384. The average Bonchev–Trinajstić information content (AvgIpc) is 2.52. The maximum absolute atomic E-state index is 11.6. The van der Waals surface area contributed by atoms with Gasteiger partial charge < -0.3 is 4.74 Å². The molecule has 1 heterocycles. The molecule has 110 valence electrons. The maximum Gasteiger partial charge on any atom is 0.320 e. The van der Waals surface area contributed by atoms with E-state index in [0.717, 1.165) is 0 Å². The number of hydrogen-bond acceptors (Lipinski definition) is 5.